The average Bonchev–Trinajstić information content (AvgIpc) is 3.58. The maximum Gasteiger partial charge on any atom is 0.416 e. The monoisotopic (exact) mass is 768 g/mol. The summed E-state index contributed by atoms with van der Waals surface area (Å²) in [5.74, 6) is -2.44. The van der Waals surface area contributed by atoms with Crippen molar-refractivity contribution in [2.24, 2.45) is 27.9 Å². The van der Waals surface area contributed by atoms with Crippen molar-refractivity contribution in [1.29, 1.82) is 0 Å². The first kappa shape index (κ1) is 41.1. The third kappa shape index (κ3) is 12.2. The fourth-order valence-corrected chi connectivity index (χ4v) is 6.37. The van der Waals surface area contributed by atoms with Gasteiger partial charge in [-0.05, 0) is 91.6 Å². The van der Waals surface area contributed by atoms with E-state index in [1.54, 1.807) is 6.07 Å². The van der Waals surface area contributed by atoms with Gasteiger partial charge in [0.15, 0.2) is 5.96 Å². The summed E-state index contributed by atoms with van der Waals surface area (Å²) in [6.07, 6.45) is -2.79. The second-order valence-electron chi connectivity index (χ2n) is 12.4. The lowest BCUT2D eigenvalue weighted by Gasteiger charge is -2.25. The predicted octanol–water partition coefficient (Wildman–Crippen LogP) is 3.61. The van der Waals surface area contributed by atoms with Gasteiger partial charge in [-0.1, -0.05) is 42.5 Å². The molecule has 1 aromatic heterocycles. The molecular formula is C37H43F3N8O5S. The maximum atomic E-state index is 13.7. The first-order chi connectivity index (χ1) is 25.7. The fourth-order valence-electron chi connectivity index (χ4n) is 5.40. The molecule has 0 aliphatic rings. The molecule has 4 amide bonds. The van der Waals surface area contributed by atoms with E-state index in [9.17, 15) is 32.3 Å². The zero-order valence-electron chi connectivity index (χ0n) is 29.2. The molecule has 4 aromatic rings. The third-order valence-corrected chi connectivity index (χ3v) is 9.38. The summed E-state index contributed by atoms with van der Waals surface area (Å²) >= 11 is 1.27. The Kier molecular flexibility index (Phi) is 14.8. The van der Waals surface area contributed by atoms with Crippen LogP contribution in [0.15, 0.2) is 83.9 Å². The number of unbranched alkanes of at least 4 members (excludes halogenated alkanes) is 1. The largest absolute Gasteiger partial charge is 0.489 e. The molecule has 4 rings (SSSR count). The average molecular weight is 769 g/mol. The van der Waals surface area contributed by atoms with Crippen LogP contribution in [0.25, 0.3) is 10.1 Å². The number of alkyl halides is 3. The van der Waals surface area contributed by atoms with E-state index in [4.69, 9.17) is 27.7 Å². The Labute approximate surface area is 313 Å². The van der Waals surface area contributed by atoms with Crippen LogP contribution in [0.1, 0.15) is 64.5 Å². The lowest BCUT2D eigenvalue weighted by atomic mass is 10.0. The van der Waals surface area contributed by atoms with E-state index in [0.717, 1.165) is 22.2 Å². The first-order valence-electron chi connectivity index (χ1n) is 17.1. The summed E-state index contributed by atoms with van der Waals surface area (Å²) in [5, 5.41) is 9.01. The summed E-state index contributed by atoms with van der Waals surface area (Å²) in [6.45, 7) is 0.528. The summed E-state index contributed by atoms with van der Waals surface area (Å²) in [7, 11) is 0. The number of primary amides is 1. The Hall–Kier alpha value is -5.68. The van der Waals surface area contributed by atoms with E-state index in [-0.39, 0.29) is 32.0 Å². The molecule has 1 heterocycles. The molecule has 0 spiro atoms. The Bertz CT molecular complexity index is 1880. The number of fused-ring (bicyclic) bond motifs is 1. The maximum absolute atomic E-state index is 13.7. The van der Waals surface area contributed by atoms with Crippen LogP contribution in [0.3, 0.4) is 0 Å². The molecule has 0 fully saturated rings. The van der Waals surface area contributed by atoms with E-state index in [2.05, 4.69) is 20.9 Å². The number of nitrogens with one attached hydrogen (secondary N) is 3. The lowest BCUT2D eigenvalue weighted by Crippen LogP contribution is -2.54. The number of halogens is 3. The number of nitrogens with zero attached hydrogens (tertiary/aromatic N) is 1. The molecule has 288 valence electrons. The topological polar surface area (TPSA) is 230 Å². The summed E-state index contributed by atoms with van der Waals surface area (Å²) in [4.78, 5) is 57.7. The highest BCUT2D eigenvalue weighted by molar-refractivity contribution is 7.20. The van der Waals surface area contributed by atoms with Crippen LogP contribution < -0.4 is 43.6 Å². The van der Waals surface area contributed by atoms with Crippen molar-refractivity contribution < 1.29 is 37.1 Å². The zero-order valence-corrected chi connectivity index (χ0v) is 30.1. The molecule has 11 N–H and O–H groups in total. The van der Waals surface area contributed by atoms with Crippen molar-refractivity contribution in [3.63, 3.8) is 0 Å². The number of aliphatic imine (C=N–C) groups is 1. The third-order valence-electron chi connectivity index (χ3n) is 8.27. The first-order valence-corrected chi connectivity index (χ1v) is 17.9. The number of hydrogen-bond acceptors (Lipinski definition) is 8. The summed E-state index contributed by atoms with van der Waals surface area (Å²) in [6, 6.07) is 16.3. The number of nitrogens with two attached hydrogens (primary N) is 4. The van der Waals surface area contributed by atoms with Gasteiger partial charge in [-0.15, -0.1) is 11.3 Å². The number of carbonyl (C=O) groups is 4. The second kappa shape index (κ2) is 19.4. The van der Waals surface area contributed by atoms with Crippen LogP contribution in [0.4, 0.5) is 13.2 Å². The molecule has 0 saturated heterocycles. The van der Waals surface area contributed by atoms with Crippen molar-refractivity contribution in [2.75, 3.05) is 13.1 Å². The van der Waals surface area contributed by atoms with Crippen LogP contribution in [0.5, 0.6) is 5.75 Å². The molecule has 0 aliphatic carbocycles. The van der Waals surface area contributed by atoms with Crippen molar-refractivity contribution in [2.45, 2.75) is 63.0 Å². The van der Waals surface area contributed by atoms with Gasteiger partial charge in [0.05, 0.1) is 10.4 Å². The summed E-state index contributed by atoms with van der Waals surface area (Å²) < 4.78 is 45.2. The quantitative estimate of drug-likeness (QED) is 0.0422. The van der Waals surface area contributed by atoms with Gasteiger partial charge >= 0.3 is 6.18 Å². The minimum absolute atomic E-state index is 0.0164. The number of ether oxygens (including phenoxy) is 1. The minimum atomic E-state index is -4.45. The van der Waals surface area contributed by atoms with E-state index >= 15 is 0 Å². The molecule has 0 unspecified atom stereocenters. The SMILES string of the molecule is NCCCC[C@H](NC(=O)[C@H](CCCN=C(N)N)NC(=O)c1cc2ccccc2s1)C(=O)N[C@@H](C(N)=O)c1ccc(OCc2ccc(C(F)(F)F)cc2)cc1. The number of amides is 4. The highest BCUT2D eigenvalue weighted by atomic mass is 32.1. The molecule has 54 heavy (non-hydrogen) atoms. The van der Waals surface area contributed by atoms with Gasteiger partial charge in [0.2, 0.25) is 17.7 Å². The number of thiophene rings is 1. The van der Waals surface area contributed by atoms with Gasteiger partial charge in [0.25, 0.3) is 5.91 Å². The van der Waals surface area contributed by atoms with Gasteiger partial charge in [-0.25, -0.2) is 0 Å². The molecule has 13 nitrogen and oxygen atoms in total. The molecule has 0 radical (unpaired) electrons. The van der Waals surface area contributed by atoms with E-state index < -0.39 is 53.5 Å². The molecule has 3 aromatic carbocycles. The number of hydrogen-bond donors (Lipinski definition) is 7. The zero-order chi connectivity index (χ0) is 39.3. The normalized spacial score (nSPS) is 13.0. The fraction of sp³-hybridized carbons (Fsp3) is 0.324. The van der Waals surface area contributed by atoms with Crippen LogP contribution >= 0.6 is 11.3 Å². The lowest BCUT2D eigenvalue weighted by molar-refractivity contribution is -0.137. The second-order valence-corrected chi connectivity index (χ2v) is 13.4. The molecule has 0 aliphatic heterocycles. The molecule has 0 saturated carbocycles. The molecule has 3 atom stereocenters. The van der Waals surface area contributed by atoms with Gasteiger partial charge in [-0.2, -0.15) is 13.2 Å². The minimum Gasteiger partial charge on any atom is -0.489 e. The van der Waals surface area contributed by atoms with Crippen molar-refractivity contribution in [3.05, 3.63) is 100 Å². The van der Waals surface area contributed by atoms with Gasteiger partial charge < -0.3 is 43.6 Å². The Balaban J connectivity index is 1.45. The Morgan fingerprint density at radius 1 is 0.796 bits per heavy atom. The van der Waals surface area contributed by atoms with Crippen molar-refractivity contribution >= 4 is 51.0 Å². The Morgan fingerprint density at radius 3 is 2.07 bits per heavy atom. The number of benzene rings is 3. The van der Waals surface area contributed by atoms with E-state index in [1.165, 1.54) is 47.7 Å². The van der Waals surface area contributed by atoms with Crippen molar-refractivity contribution in [3.8, 4) is 5.75 Å². The highest BCUT2D eigenvalue weighted by Crippen LogP contribution is 2.29. The van der Waals surface area contributed by atoms with E-state index in [0.29, 0.717) is 47.6 Å². The van der Waals surface area contributed by atoms with Gasteiger partial charge in [-0.3, -0.25) is 24.2 Å². The molecule has 0 bridgehead atoms. The van der Waals surface area contributed by atoms with Crippen molar-refractivity contribution in [1.82, 2.24) is 16.0 Å². The van der Waals surface area contributed by atoms with Gasteiger partial charge in [0.1, 0.15) is 30.5 Å². The standard InChI is InChI=1S/C37H43F3N8O5S/c38-37(39,40)25-14-10-22(11-15-25)21-53-26-16-12-23(13-17-26)31(32(42)49)48-34(51)27(7-3-4-18-41)46-33(50)28(8-5-19-45-36(43)44)47-35(52)30-20-24-6-1-2-9-29(24)54-30/h1-2,6,9-17,20,27-28,31H,3-5,7-8,18-19,21,41H2,(H2,42,49)(H,46,50)(H,47,52)(H,48,51)(H4,43,44,45)/t27-,28-,31+/m0/s1. The van der Waals surface area contributed by atoms with Crippen LogP contribution in [-0.4, -0.2) is 54.8 Å². The summed E-state index contributed by atoms with van der Waals surface area (Å²) in [5.41, 5.74) is 22.3. The van der Waals surface area contributed by atoms with Crippen LogP contribution in [0, 0.1) is 0 Å². The Morgan fingerprint density at radius 2 is 1.44 bits per heavy atom. The number of rotatable bonds is 19. The van der Waals surface area contributed by atoms with E-state index in [1.807, 2.05) is 24.3 Å². The van der Waals surface area contributed by atoms with Gasteiger partial charge in [0, 0.05) is 11.2 Å². The number of guanidine groups is 1. The smallest absolute Gasteiger partial charge is 0.416 e. The van der Waals surface area contributed by atoms with Crippen LogP contribution in [-0.2, 0) is 27.2 Å². The van der Waals surface area contributed by atoms with Crippen LogP contribution in [0.2, 0.25) is 0 Å². The highest BCUT2D eigenvalue weighted by Gasteiger charge is 2.31. The molecule has 17 heteroatoms. The number of carbonyl (C=O) groups excluding carboxylic acids is 4. The molecular weight excluding hydrogens is 726 g/mol. The predicted molar refractivity (Wildman–Crippen MR) is 200 cm³/mol.